The molecule has 2 aromatic rings. The van der Waals surface area contributed by atoms with Crippen molar-refractivity contribution < 1.29 is 4.92 Å². The Kier molecular flexibility index (Phi) is 3.31. The van der Waals surface area contributed by atoms with E-state index in [1.807, 2.05) is 18.2 Å². The van der Waals surface area contributed by atoms with Crippen LogP contribution in [-0.4, -0.2) is 9.91 Å². The molecular formula is C17H14ClN3O2. The van der Waals surface area contributed by atoms with Gasteiger partial charge in [-0.25, -0.2) is 0 Å². The molecule has 0 fully saturated rings. The normalized spacial score (nSPS) is 24.7. The zero-order valence-corrected chi connectivity index (χ0v) is 12.9. The lowest BCUT2D eigenvalue weighted by molar-refractivity contribution is -0.385. The van der Waals surface area contributed by atoms with Crippen molar-refractivity contribution in [3.05, 3.63) is 75.1 Å². The smallest absolute Gasteiger partial charge is 0.275 e. The SMILES string of the molecule is O=[N+]([O-])c1ccc(Cl)c2c1[C@H]1C=CC[C@H]1[C@@H](c1ccccn1)N2. The number of aromatic nitrogens is 1. The van der Waals surface area contributed by atoms with Gasteiger partial charge in [0.15, 0.2) is 0 Å². The average molecular weight is 328 g/mol. The Bertz CT molecular complexity index is 807. The van der Waals surface area contributed by atoms with Gasteiger partial charge in [0.05, 0.1) is 32.9 Å². The molecule has 1 N–H and O–H groups in total. The van der Waals surface area contributed by atoms with Gasteiger partial charge in [-0.1, -0.05) is 29.8 Å². The van der Waals surface area contributed by atoms with Crippen LogP contribution < -0.4 is 5.32 Å². The maximum Gasteiger partial charge on any atom is 0.275 e. The molecule has 1 aliphatic carbocycles. The van der Waals surface area contributed by atoms with Crippen LogP contribution in [0.5, 0.6) is 0 Å². The summed E-state index contributed by atoms with van der Waals surface area (Å²) >= 11 is 6.33. The number of hydrogen-bond acceptors (Lipinski definition) is 4. The van der Waals surface area contributed by atoms with E-state index in [-0.39, 0.29) is 28.5 Å². The molecule has 3 atom stereocenters. The van der Waals surface area contributed by atoms with Crippen LogP contribution in [0, 0.1) is 16.0 Å². The Hall–Kier alpha value is -2.40. The molecule has 0 spiro atoms. The number of benzene rings is 1. The van der Waals surface area contributed by atoms with Crippen LogP contribution in [-0.2, 0) is 0 Å². The summed E-state index contributed by atoms with van der Waals surface area (Å²) in [6.45, 7) is 0. The van der Waals surface area contributed by atoms with Gasteiger partial charge in [-0.2, -0.15) is 0 Å². The third-order valence-corrected chi connectivity index (χ3v) is 4.96. The highest BCUT2D eigenvalue weighted by molar-refractivity contribution is 6.33. The summed E-state index contributed by atoms with van der Waals surface area (Å²) in [5, 5.41) is 15.3. The highest BCUT2D eigenvalue weighted by Gasteiger charge is 2.42. The number of hydrogen-bond donors (Lipinski definition) is 1. The summed E-state index contributed by atoms with van der Waals surface area (Å²) in [4.78, 5) is 15.5. The fraction of sp³-hybridized carbons (Fsp3) is 0.235. The standard InChI is InChI=1S/C17H14ClN3O2/c18-12-7-8-14(21(22)23)15-10-4-3-5-11(10)16(20-17(12)15)13-6-1-2-9-19-13/h1-4,6-11,16,20H,5H2/t10-,11+,16-/m0/s1. The number of nitrogens with one attached hydrogen (secondary N) is 1. The molecule has 0 saturated heterocycles. The minimum atomic E-state index is -0.332. The second kappa shape index (κ2) is 5.35. The van der Waals surface area contributed by atoms with Crippen molar-refractivity contribution in [1.82, 2.24) is 4.98 Å². The van der Waals surface area contributed by atoms with E-state index in [0.29, 0.717) is 16.3 Å². The van der Waals surface area contributed by atoms with E-state index in [1.54, 1.807) is 12.3 Å². The van der Waals surface area contributed by atoms with Crippen LogP contribution in [0.2, 0.25) is 5.02 Å². The van der Waals surface area contributed by atoms with Crippen molar-refractivity contribution in [2.24, 2.45) is 5.92 Å². The fourth-order valence-electron chi connectivity index (χ4n) is 3.67. The highest BCUT2D eigenvalue weighted by Crippen LogP contribution is 2.53. The number of nitro benzene ring substituents is 1. The largest absolute Gasteiger partial charge is 0.375 e. The number of rotatable bonds is 2. The highest BCUT2D eigenvalue weighted by atomic mass is 35.5. The second-order valence-electron chi connectivity index (χ2n) is 5.84. The number of halogens is 1. The molecule has 116 valence electrons. The predicted octanol–water partition coefficient (Wildman–Crippen LogP) is 4.47. The quantitative estimate of drug-likeness (QED) is 0.502. The second-order valence-corrected chi connectivity index (χ2v) is 6.25. The summed E-state index contributed by atoms with van der Waals surface area (Å²) in [6.07, 6.45) is 6.78. The number of nitro groups is 1. The lowest BCUT2D eigenvalue weighted by Gasteiger charge is -2.36. The zero-order chi connectivity index (χ0) is 16.0. The molecule has 23 heavy (non-hydrogen) atoms. The third kappa shape index (κ3) is 2.19. The Morgan fingerprint density at radius 2 is 2.17 bits per heavy atom. The number of anilines is 1. The van der Waals surface area contributed by atoms with E-state index >= 15 is 0 Å². The molecule has 1 aromatic heterocycles. The van der Waals surface area contributed by atoms with E-state index in [2.05, 4.69) is 22.5 Å². The number of nitrogens with zero attached hydrogens (tertiary/aromatic N) is 2. The Morgan fingerprint density at radius 3 is 2.91 bits per heavy atom. The number of allylic oxidation sites excluding steroid dienone is 2. The van der Waals surface area contributed by atoms with Crippen LogP contribution in [0.25, 0.3) is 0 Å². The molecule has 4 rings (SSSR count). The summed E-state index contributed by atoms with van der Waals surface area (Å²) in [7, 11) is 0. The monoisotopic (exact) mass is 327 g/mol. The minimum Gasteiger partial charge on any atom is -0.375 e. The molecule has 2 aliphatic rings. The van der Waals surface area contributed by atoms with Gasteiger partial charge in [0.1, 0.15) is 0 Å². The van der Waals surface area contributed by atoms with Crippen LogP contribution in [0.1, 0.15) is 29.6 Å². The van der Waals surface area contributed by atoms with E-state index in [4.69, 9.17) is 11.6 Å². The number of fused-ring (bicyclic) bond motifs is 3. The Morgan fingerprint density at radius 1 is 1.30 bits per heavy atom. The van der Waals surface area contributed by atoms with Crippen molar-refractivity contribution in [2.45, 2.75) is 18.4 Å². The zero-order valence-electron chi connectivity index (χ0n) is 12.1. The van der Waals surface area contributed by atoms with Crippen LogP contribution in [0.15, 0.2) is 48.7 Å². The Balaban J connectivity index is 1.89. The summed E-state index contributed by atoms with van der Waals surface area (Å²) in [5.41, 5.74) is 2.40. The topological polar surface area (TPSA) is 68.1 Å². The first kappa shape index (κ1) is 14.2. The van der Waals surface area contributed by atoms with Gasteiger partial charge in [0.25, 0.3) is 5.69 Å². The lowest BCUT2D eigenvalue weighted by atomic mass is 9.77. The summed E-state index contributed by atoms with van der Waals surface area (Å²) in [5.74, 6) is 0.187. The van der Waals surface area contributed by atoms with Crippen molar-refractivity contribution >= 4 is 23.0 Å². The summed E-state index contributed by atoms with van der Waals surface area (Å²) in [6, 6.07) is 8.87. The summed E-state index contributed by atoms with van der Waals surface area (Å²) < 4.78 is 0. The first-order valence-corrected chi connectivity index (χ1v) is 7.85. The van der Waals surface area contributed by atoms with Crippen molar-refractivity contribution in [3.8, 4) is 0 Å². The molecule has 0 unspecified atom stereocenters. The van der Waals surface area contributed by atoms with Gasteiger partial charge in [0.2, 0.25) is 0 Å². The maximum absolute atomic E-state index is 11.4. The van der Waals surface area contributed by atoms with Crippen molar-refractivity contribution in [2.75, 3.05) is 5.32 Å². The molecule has 6 heteroatoms. The Labute approximate surface area is 138 Å². The van der Waals surface area contributed by atoms with Crippen LogP contribution in [0.3, 0.4) is 0 Å². The third-order valence-electron chi connectivity index (χ3n) is 4.65. The average Bonchev–Trinajstić information content (AvgIpc) is 3.05. The van der Waals surface area contributed by atoms with Crippen molar-refractivity contribution in [1.29, 1.82) is 0 Å². The van der Waals surface area contributed by atoms with E-state index in [9.17, 15) is 10.1 Å². The van der Waals surface area contributed by atoms with Gasteiger partial charge in [-0.3, -0.25) is 15.1 Å². The van der Waals surface area contributed by atoms with Gasteiger partial charge in [-0.05, 0) is 30.5 Å². The molecule has 0 radical (unpaired) electrons. The molecule has 5 nitrogen and oxygen atoms in total. The van der Waals surface area contributed by atoms with Gasteiger partial charge in [-0.15, -0.1) is 0 Å². The lowest BCUT2D eigenvalue weighted by Crippen LogP contribution is -2.30. The molecular weight excluding hydrogens is 314 g/mol. The van der Waals surface area contributed by atoms with Gasteiger partial charge >= 0.3 is 0 Å². The van der Waals surface area contributed by atoms with E-state index in [0.717, 1.165) is 12.1 Å². The molecule has 0 bridgehead atoms. The molecule has 0 amide bonds. The van der Waals surface area contributed by atoms with E-state index < -0.39 is 0 Å². The van der Waals surface area contributed by atoms with Crippen LogP contribution >= 0.6 is 11.6 Å². The predicted molar refractivity (Wildman–Crippen MR) is 88.7 cm³/mol. The molecule has 1 aliphatic heterocycles. The molecule has 0 saturated carbocycles. The molecule has 1 aromatic carbocycles. The van der Waals surface area contributed by atoms with Crippen LogP contribution in [0.4, 0.5) is 11.4 Å². The first-order chi connectivity index (χ1) is 11.2. The minimum absolute atomic E-state index is 0.0109. The van der Waals surface area contributed by atoms with Gasteiger partial charge < -0.3 is 5.32 Å². The maximum atomic E-state index is 11.4. The van der Waals surface area contributed by atoms with Crippen molar-refractivity contribution in [3.63, 3.8) is 0 Å². The van der Waals surface area contributed by atoms with E-state index in [1.165, 1.54) is 6.07 Å². The number of pyridine rings is 1. The molecule has 2 heterocycles. The fourth-order valence-corrected chi connectivity index (χ4v) is 3.89. The van der Waals surface area contributed by atoms with Gasteiger partial charge in [0, 0.05) is 18.2 Å². The first-order valence-electron chi connectivity index (χ1n) is 7.47.